The number of rotatable bonds is 2. The Morgan fingerprint density at radius 2 is 2.28 bits per heavy atom. The Morgan fingerprint density at radius 3 is 3.06 bits per heavy atom. The number of anilines is 1. The highest BCUT2D eigenvalue weighted by atomic mass is 32.2. The molecule has 0 spiro atoms. The first-order chi connectivity index (χ1) is 8.88. The summed E-state index contributed by atoms with van der Waals surface area (Å²) >= 11 is 2.00. The lowest BCUT2D eigenvalue weighted by molar-refractivity contribution is 0.109. The molecule has 0 saturated carbocycles. The van der Waals surface area contributed by atoms with Crippen molar-refractivity contribution < 1.29 is 4.74 Å². The molecule has 5 heteroatoms. The van der Waals surface area contributed by atoms with Crippen LogP contribution in [0, 0.1) is 0 Å². The molecule has 0 radical (unpaired) electrons. The maximum atomic E-state index is 5.50. The van der Waals surface area contributed by atoms with Crippen LogP contribution in [0.25, 0.3) is 0 Å². The molecule has 1 atom stereocenters. The number of ether oxygens (including phenoxy) is 1. The molecule has 0 aliphatic carbocycles. The second kappa shape index (κ2) is 5.45. The van der Waals surface area contributed by atoms with Crippen LogP contribution in [-0.4, -0.2) is 29.4 Å². The highest BCUT2D eigenvalue weighted by Crippen LogP contribution is 2.37. The second-order valence-electron chi connectivity index (χ2n) is 4.76. The van der Waals surface area contributed by atoms with Gasteiger partial charge in [-0.25, -0.2) is 9.97 Å². The Hall–Kier alpha value is -0.810. The highest BCUT2D eigenvalue weighted by molar-refractivity contribution is 7.99. The molecule has 0 aromatic carbocycles. The van der Waals surface area contributed by atoms with Crippen molar-refractivity contribution in [2.75, 3.05) is 24.7 Å². The minimum absolute atomic E-state index is 0.485. The fourth-order valence-electron chi connectivity index (χ4n) is 2.55. The van der Waals surface area contributed by atoms with Gasteiger partial charge < -0.3 is 10.1 Å². The van der Waals surface area contributed by atoms with Gasteiger partial charge in [0.25, 0.3) is 0 Å². The van der Waals surface area contributed by atoms with Crippen LogP contribution in [0.4, 0.5) is 5.82 Å². The van der Waals surface area contributed by atoms with Crippen LogP contribution in [0.1, 0.15) is 41.6 Å². The van der Waals surface area contributed by atoms with Crippen molar-refractivity contribution >= 4 is 17.6 Å². The van der Waals surface area contributed by atoms with Crippen LogP contribution >= 0.6 is 11.8 Å². The Kier molecular flexibility index (Phi) is 3.70. The molecule has 1 N–H and O–H groups in total. The van der Waals surface area contributed by atoms with Gasteiger partial charge in [0.05, 0.1) is 24.2 Å². The second-order valence-corrected chi connectivity index (χ2v) is 6.07. The van der Waals surface area contributed by atoms with Crippen molar-refractivity contribution in [2.45, 2.75) is 37.5 Å². The van der Waals surface area contributed by atoms with E-state index in [0.717, 1.165) is 30.2 Å². The molecular formula is C13H19N3OS. The minimum Gasteiger partial charge on any atom is -0.376 e. The monoisotopic (exact) mass is 265 g/mol. The van der Waals surface area contributed by atoms with E-state index < -0.39 is 0 Å². The average molecular weight is 265 g/mol. The molecule has 0 amide bonds. The van der Waals surface area contributed by atoms with E-state index in [4.69, 9.17) is 14.7 Å². The van der Waals surface area contributed by atoms with Crippen LogP contribution in [-0.2, 0) is 17.8 Å². The van der Waals surface area contributed by atoms with E-state index in [1.807, 2.05) is 18.8 Å². The number of nitrogens with one attached hydrogen (secondary N) is 1. The van der Waals surface area contributed by atoms with E-state index in [9.17, 15) is 0 Å². The molecule has 3 heterocycles. The molecule has 98 valence electrons. The highest BCUT2D eigenvalue weighted by Gasteiger charge is 2.23. The Balaban J connectivity index is 1.94. The summed E-state index contributed by atoms with van der Waals surface area (Å²) in [5.74, 6) is 3.22. The number of aromatic nitrogens is 2. The van der Waals surface area contributed by atoms with Crippen molar-refractivity contribution in [2.24, 2.45) is 0 Å². The van der Waals surface area contributed by atoms with E-state index in [1.165, 1.54) is 30.7 Å². The van der Waals surface area contributed by atoms with Gasteiger partial charge in [0.2, 0.25) is 0 Å². The average Bonchev–Trinajstić information content (AvgIpc) is 2.47. The summed E-state index contributed by atoms with van der Waals surface area (Å²) < 4.78 is 5.50. The van der Waals surface area contributed by atoms with Gasteiger partial charge in [-0.15, -0.1) is 0 Å². The summed E-state index contributed by atoms with van der Waals surface area (Å²) in [5.41, 5.74) is 2.33. The third-order valence-electron chi connectivity index (χ3n) is 3.54. The predicted molar refractivity (Wildman–Crippen MR) is 74.0 cm³/mol. The molecule has 1 fully saturated rings. The van der Waals surface area contributed by atoms with Crippen LogP contribution in [0.5, 0.6) is 0 Å². The zero-order chi connectivity index (χ0) is 12.4. The lowest BCUT2D eigenvalue weighted by Crippen LogP contribution is -2.18. The third kappa shape index (κ3) is 2.34. The zero-order valence-electron chi connectivity index (χ0n) is 10.7. The van der Waals surface area contributed by atoms with Gasteiger partial charge in [-0.2, -0.15) is 11.8 Å². The van der Waals surface area contributed by atoms with Crippen LogP contribution in [0.2, 0.25) is 0 Å². The molecule has 1 aromatic rings. The van der Waals surface area contributed by atoms with Gasteiger partial charge in [0.1, 0.15) is 11.6 Å². The third-order valence-corrected chi connectivity index (χ3v) is 4.92. The summed E-state index contributed by atoms with van der Waals surface area (Å²) in [6.07, 6.45) is 4.76. The summed E-state index contributed by atoms with van der Waals surface area (Å²) in [6.45, 7) is 1.42. The SMILES string of the molecule is CNc1nc(C2CCCCS2)nc2c1COCC2. The number of hydrogen-bond donors (Lipinski definition) is 1. The van der Waals surface area contributed by atoms with Crippen molar-refractivity contribution in [1.82, 2.24) is 9.97 Å². The smallest absolute Gasteiger partial charge is 0.143 e. The first-order valence-electron chi connectivity index (χ1n) is 6.65. The van der Waals surface area contributed by atoms with E-state index in [2.05, 4.69) is 5.32 Å². The summed E-state index contributed by atoms with van der Waals surface area (Å²) in [6, 6.07) is 0. The molecule has 0 bridgehead atoms. The van der Waals surface area contributed by atoms with E-state index in [0.29, 0.717) is 11.9 Å². The van der Waals surface area contributed by atoms with Crippen LogP contribution in [0.3, 0.4) is 0 Å². The van der Waals surface area contributed by atoms with Crippen LogP contribution < -0.4 is 5.32 Å². The predicted octanol–water partition coefficient (Wildman–Crippen LogP) is 2.55. The lowest BCUT2D eigenvalue weighted by atomic mass is 10.1. The van der Waals surface area contributed by atoms with E-state index in [1.54, 1.807) is 0 Å². The van der Waals surface area contributed by atoms with E-state index >= 15 is 0 Å². The molecule has 1 aromatic heterocycles. The summed E-state index contributed by atoms with van der Waals surface area (Å²) in [4.78, 5) is 9.50. The Bertz CT molecular complexity index is 415. The van der Waals surface area contributed by atoms with Gasteiger partial charge in [-0.3, -0.25) is 0 Å². The van der Waals surface area contributed by atoms with Gasteiger partial charge in [-0.05, 0) is 18.6 Å². The molecule has 4 nitrogen and oxygen atoms in total. The molecule has 1 saturated heterocycles. The fourth-order valence-corrected chi connectivity index (χ4v) is 3.79. The minimum atomic E-state index is 0.485. The lowest BCUT2D eigenvalue weighted by Gasteiger charge is -2.24. The number of nitrogens with zero attached hydrogens (tertiary/aromatic N) is 2. The topological polar surface area (TPSA) is 47.0 Å². The summed E-state index contributed by atoms with van der Waals surface area (Å²) in [5, 5.41) is 3.68. The first-order valence-corrected chi connectivity index (χ1v) is 7.70. The fraction of sp³-hybridized carbons (Fsp3) is 0.692. The van der Waals surface area contributed by atoms with Crippen LogP contribution in [0.15, 0.2) is 0 Å². The van der Waals surface area contributed by atoms with Gasteiger partial charge in [0, 0.05) is 19.0 Å². The Morgan fingerprint density at radius 1 is 1.33 bits per heavy atom. The molecule has 18 heavy (non-hydrogen) atoms. The zero-order valence-corrected chi connectivity index (χ0v) is 11.6. The Labute approximate surface area is 112 Å². The van der Waals surface area contributed by atoms with Gasteiger partial charge in [-0.1, -0.05) is 6.42 Å². The van der Waals surface area contributed by atoms with Gasteiger partial charge >= 0.3 is 0 Å². The van der Waals surface area contributed by atoms with Crippen molar-refractivity contribution in [1.29, 1.82) is 0 Å². The van der Waals surface area contributed by atoms with Gasteiger partial charge in [0.15, 0.2) is 0 Å². The number of thioether (sulfide) groups is 1. The molecule has 2 aliphatic heterocycles. The van der Waals surface area contributed by atoms with Crippen molar-refractivity contribution in [3.05, 3.63) is 17.1 Å². The van der Waals surface area contributed by atoms with Crippen molar-refractivity contribution in [3.63, 3.8) is 0 Å². The maximum Gasteiger partial charge on any atom is 0.143 e. The maximum absolute atomic E-state index is 5.50. The summed E-state index contributed by atoms with van der Waals surface area (Å²) in [7, 11) is 1.93. The molecule has 2 aliphatic rings. The molecule has 3 rings (SSSR count). The number of hydrogen-bond acceptors (Lipinski definition) is 5. The molecular weight excluding hydrogens is 246 g/mol. The number of fused-ring (bicyclic) bond motifs is 1. The molecule has 1 unspecified atom stereocenters. The quantitative estimate of drug-likeness (QED) is 0.890. The largest absolute Gasteiger partial charge is 0.376 e. The normalized spacial score (nSPS) is 23.5. The van der Waals surface area contributed by atoms with E-state index in [-0.39, 0.29) is 0 Å². The standard InChI is InChI=1S/C13H19N3OS/c1-14-12-9-8-17-6-5-10(9)15-13(16-12)11-4-2-3-7-18-11/h11H,2-8H2,1H3,(H,14,15,16). The first kappa shape index (κ1) is 12.2. The van der Waals surface area contributed by atoms with Crippen molar-refractivity contribution in [3.8, 4) is 0 Å².